The fourth-order valence-electron chi connectivity index (χ4n) is 3.36. The molecule has 0 bridgehead atoms. The van der Waals surface area contributed by atoms with Crippen molar-refractivity contribution in [3.05, 3.63) is 95.3 Å². The first-order chi connectivity index (χ1) is 13.7. The van der Waals surface area contributed by atoms with E-state index in [1.807, 2.05) is 61.5 Å². The van der Waals surface area contributed by atoms with Gasteiger partial charge in [-0.15, -0.1) is 0 Å². The van der Waals surface area contributed by atoms with Crippen molar-refractivity contribution in [1.29, 1.82) is 0 Å². The molecule has 0 aliphatic carbocycles. The van der Waals surface area contributed by atoms with Gasteiger partial charge in [-0.25, -0.2) is 4.39 Å². The lowest BCUT2D eigenvalue weighted by atomic mass is 10.0. The molecule has 0 saturated carbocycles. The zero-order valence-electron chi connectivity index (χ0n) is 15.6. The van der Waals surface area contributed by atoms with Crippen LogP contribution in [-0.2, 0) is 11.4 Å². The second-order valence-electron chi connectivity index (χ2n) is 6.57. The quantitative estimate of drug-likeness (QED) is 0.567. The fourth-order valence-corrected chi connectivity index (χ4v) is 3.36. The third-order valence-corrected chi connectivity index (χ3v) is 4.82. The van der Waals surface area contributed by atoms with Crippen LogP contribution in [0.3, 0.4) is 0 Å². The number of hydrogen-bond donors (Lipinski definition) is 0. The highest BCUT2D eigenvalue weighted by molar-refractivity contribution is 6.35. The summed E-state index contributed by atoms with van der Waals surface area (Å²) in [6.45, 7) is 2.78. The average Bonchev–Trinajstić information content (AvgIpc) is 2.99. The number of para-hydroxylation sites is 1. The summed E-state index contributed by atoms with van der Waals surface area (Å²) in [5.41, 5.74) is 4.02. The van der Waals surface area contributed by atoms with Crippen molar-refractivity contribution >= 4 is 23.2 Å². The Morgan fingerprint density at radius 1 is 0.964 bits per heavy atom. The van der Waals surface area contributed by atoms with Gasteiger partial charge in [-0.2, -0.15) is 0 Å². The number of carbonyl (C=O) groups excluding carboxylic acids is 1. The molecule has 3 nitrogen and oxygen atoms in total. The molecule has 1 amide bonds. The highest BCUT2D eigenvalue weighted by Gasteiger charge is 2.30. The zero-order valence-corrected chi connectivity index (χ0v) is 15.6. The third kappa shape index (κ3) is 3.41. The number of likely N-dealkylation sites (N-methyl/N-ethyl adjacent to an activating group) is 1. The molecule has 1 aliphatic heterocycles. The van der Waals surface area contributed by atoms with Crippen molar-refractivity contribution in [2.45, 2.75) is 13.5 Å². The largest absolute Gasteiger partial charge is 0.489 e. The van der Waals surface area contributed by atoms with E-state index in [0.29, 0.717) is 23.4 Å². The number of halogens is 1. The molecule has 3 aromatic carbocycles. The smallest absolute Gasteiger partial charge is 0.258 e. The van der Waals surface area contributed by atoms with Crippen LogP contribution >= 0.6 is 0 Å². The number of fused-ring (bicyclic) bond motifs is 1. The normalized spacial score (nSPS) is 14.4. The lowest BCUT2D eigenvalue weighted by molar-refractivity contribution is -0.112. The highest BCUT2D eigenvalue weighted by atomic mass is 19.1. The molecule has 1 aliphatic rings. The number of ether oxygens (including phenoxy) is 1. The molecule has 0 aromatic heterocycles. The van der Waals surface area contributed by atoms with Crippen molar-refractivity contribution < 1.29 is 13.9 Å². The highest BCUT2D eigenvalue weighted by Crippen LogP contribution is 2.37. The van der Waals surface area contributed by atoms with Crippen LogP contribution in [0.5, 0.6) is 5.75 Å². The Hall–Kier alpha value is -3.40. The van der Waals surface area contributed by atoms with E-state index in [2.05, 4.69) is 0 Å². The lowest BCUT2D eigenvalue weighted by Gasteiger charge is -2.13. The molecule has 1 heterocycles. The number of hydrogen-bond acceptors (Lipinski definition) is 2. The Morgan fingerprint density at radius 3 is 2.43 bits per heavy atom. The molecule has 0 unspecified atom stereocenters. The zero-order chi connectivity index (χ0) is 19.5. The van der Waals surface area contributed by atoms with Crippen LogP contribution in [0.4, 0.5) is 10.1 Å². The molecule has 4 heteroatoms. The average molecular weight is 373 g/mol. The second kappa shape index (κ2) is 7.69. The summed E-state index contributed by atoms with van der Waals surface area (Å²) < 4.78 is 19.4. The van der Waals surface area contributed by atoms with Crippen molar-refractivity contribution in [2.24, 2.45) is 0 Å². The van der Waals surface area contributed by atoms with Gasteiger partial charge < -0.3 is 9.64 Å². The van der Waals surface area contributed by atoms with Crippen LogP contribution in [0.1, 0.15) is 23.6 Å². The van der Waals surface area contributed by atoms with Crippen LogP contribution in [-0.4, -0.2) is 12.5 Å². The van der Waals surface area contributed by atoms with Gasteiger partial charge in [0.25, 0.3) is 5.91 Å². The molecular weight excluding hydrogens is 353 g/mol. The molecule has 0 spiro atoms. The summed E-state index contributed by atoms with van der Waals surface area (Å²) in [6.07, 6.45) is 1.90. The van der Waals surface area contributed by atoms with E-state index >= 15 is 0 Å². The van der Waals surface area contributed by atoms with Gasteiger partial charge in [0.1, 0.15) is 18.2 Å². The van der Waals surface area contributed by atoms with Gasteiger partial charge in [0, 0.05) is 23.2 Å². The maximum Gasteiger partial charge on any atom is 0.258 e. The maximum atomic E-state index is 13.7. The monoisotopic (exact) mass is 373 g/mol. The Kier molecular flexibility index (Phi) is 4.94. The molecule has 140 valence electrons. The number of anilines is 1. The molecular formula is C24H20FNO2. The molecule has 0 radical (unpaired) electrons. The number of amides is 1. The van der Waals surface area contributed by atoms with Gasteiger partial charge in [0.15, 0.2) is 0 Å². The van der Waals surface area contributed by atoms with E-state index in [9.17, 15) is 9.18 Å². The SMILES string of the molecule is CCN1C(=O)/C(=C\c2ccc(OCc3ccccc3F)cc2)c2ccccc21. The number of nitrogens with zero attached hydrogens (tertiary/aromatic N) is 1. The topological polar surface area (TPSA) is 29.5 Å². The number of carbonyl (C=O) groups is 1. The molecule has 0 fully saturated rings. The molecule has 3 aromatic rings. The lowest BCUT2D eigenvalue weighted by Crippen LogP contribution is -2.25. The third-order valence-electron chi connectivity index (χ3n) is 4.82. The molecule has 0 atom stereocenters. The fraction of sp³-hybridized carbons (Fsp3) is 0.125. The number of rotatable bonds is 5. The van der Waals surface area contributed by atoms with Crippen LogP contribution in [0.2, 0.25) is 0 Å². The van der Waals surface area contributed by atoms with Crippen molar-refractivity contribution in [2.75, 3.05) is 11.4 Å². The van der Waals surface area contributed by atoms with Crippen LogP contribution in [0.15, 0.2) is 72.8 Å². The van der Waals surface area contributed by atoms with E-state index in [0.717, 1.165) is 16.8 Å². The van der Waals surface area contributed by atoms with Gasteiger partial charge >= 0.3 is 0 Å². The van der Waals surface area contributed by atoms with Crippen molar-refractivity contribution in [3.63, 3.8) is 0 Å². The summed E-state index contributed by atoms with van der Waals surface area (Å²) in [7, 11) is 0. The van der Waals surface area contributed by atoms with E-state index in [1.54, 1.807) is 23.1 Å². The van der Waals surface area contributed by atoms with Gasteiger partial charge in [0.05, 0.1) is 5.69 Å². The Labute approximate surface area is 163 Å². The standard InChI is InChI=1S/C24H20FNO2/c1-2-26-23-10-6-4-8-20(23)21(24(26)27)15-17-11-13-19(14-12-17)28-16-18-7-3-5-9-22(18)25/h3-15H,2,16H2,1H3/b21-15-. The van der Waals surface area contributed by atoms with Crippen LogP contribution in [0, 0.1) is 5.82 Å². The van der Waals surface area contributed by atoms with E-state index in [-0.39, 0.29) is 18.3 Å². The van der Waals surface area contributed by atoms with Gasteiger partial charge in [0.2, 0.25) is 0 Å². The summed E-state index contributed by atoms with van der Waals surface area (Å²) in [5.74, 6) is 0.394. The minimum Gasteiger partial charge on any atom is -0.489 e. The minimum atomic E-state index is -0.275. The van der Waals surface area contributed by atoms with Crippen LogP contribution in [0.25, 0.3) is 11.6 Å². The number of benzene rings is 3. The van der Waals surface area contributed by atoms with Gasteiger partial charge in [-0.3, -0.25) is 4.79 Å². The summed E-state index contributed by atoms with van der Waals surface area (Å²) in [5, 5.41) is 0. The summed E-state index contributed by atoms with van der Waals surface area (Å²) >= 11 is 0. The molecule has 4 rings (SSSR count). The minimum absolute atomic E-state index is 0.0172. The van der Waals surface area contributed by atoms with E-state index < -0.39 is 0 Å². The predicted octanol–water partition coefficient (Wildman–Crippen LogP) is 5.31. The molecule has 0 N–H and O–H groups in total. The van der Waals surface area contributed by atoms with Crippen molar-refractivity contribution in [1.82, 2.24) is 0 Å². The van der Waals surface area contributed by atoms with E-state index in [4.69, 9.17) is 4.74 Å². The van der Waals surface area contributed by atoms with E-state index in [1.165, 1.54) is 6.07 Å². The summed E-state index contributed by atoms with van der Waals surface area (Å²) in [4.78, 5) is 14.5. The van der Waals surface area contributed by atoms with Crippen molar-refractivity contribution in [3.8, 4) is 5.75 Å². The summed E-state index contributed by atoms with van der Waals surface area (Å²) in [6, 6.07) is 21.8. The first-order valence-corrected chi connectivity index (χ1v) is 9.26. The molecule has 28 heavy (non-hydrogen) atoms. The second-order valence-corrected chi connectivity index (χ2v) is 6.57. The maximum absolute atomic E-state index is 13.7. The van der Waals surface area contributed by atoms with Gasteiger partial charge in [-0.05, 0) is 42.8 Å². The van der Waals surface area contributed by atoms with Gasteiger partial charge in [-0.1, -0.05) is 48.5 Å². The predicted molar refractivity (Wildman–Crippen MR) is 110 cm³/mol. The van der Waals surface area contributed by atoms with Crippen LogP contribution < -0.4 is 9.64 Å². The first kappa shape index (κ1) is 18.0. The first-order valence-electron chi connectivity index (χ1n) is 9.26. The Bertz CT molecular complexity index is 1040. The Morgan fingerprint density at radius 2 is 1.68 bits per heavy atom. The Balaban J connectivity index is 1.53. The molecule has 0 saturated heterocycles.